The van der Waals surface area contributed by atoms with Crippen molar-refractivity contribution in [3.8, 4) is 5.75 Å². The molecule has 6 nitrogen and oxygen atoms in total. The zero-order chi connectivity index (χ0) is 20.1. The number of hydrogen-bond acceptors (Lipinski definition) is 4. The molecule has 0 saturated heterocycles. The summed E-state index contributed by atoms with van der Waals surface area (Å²) in [6, 6.07) is 7.63. The van der Waals surface area contributed by atoms with E-state index >= 15 is 0 Å². The Hall–Kier alpha value is -1.79. The Morgan fingerprint density at radius 3 is 2.57 bits per heavy atom. The lowest BCUT2D eigenvalue weighted by Crippen LogP contribution is -2.38. The maximum atomic E-state index is 12.4. The Morgan fingerprint density at radius 1 is 1.25 bits per heavy atom. The van der Waals surface area contributed by atoms with Gasteiger partial charge in [-0.25, -0.2) is 4.79 Å². The molecule has 3 N–H and O–H groups in total. The van der Waals surface area contributed by atoms with E-state index in [-0.39, 0.29) is 12.6 Å². The number of nitrogens with zero attached hydrogens (tertiary/aromatic N) is 1. The number of hydrogen-bond donors (Lipinski definition) is 3. The molecule has 0 radical (unpaired) electrons. The van der Waals surface area contributed by atoms with Gasteiger partial charge in [-0.1, -0.05) is 20.3 Å². The molecule has 1 aromatic rings. The Balaban J connectivity index is 1.36. The Morgan fingerprint density at radius 2 is 1.93 bits per heavy atom. The molecular weight excluding hydrogens is 354 g/mol. The SMILES string of the molecule is CC(C)NCC(O)COc1ccc(N(C)C(=O)NCCC2C3CCCC32)cc1. The standard InChI is InChI=1S/C22H35N3O3/c1-15(2)24-13-17(26)14-28-18-9-7-16(8-10-18)25(3)22(27)23-12-11-21-19-5-4-6-20(19)21/h7-10,15,17,19-21,24,26H,4-6,11-14H2,1-3H3,(H,23,27). The van der Waals surface area contributed by atoms with Gasteiger partial charge in [0.25, 0.3) is 0 Å². The summed E-state index contributed by atoms with van der Waals surface area (Å²) in [4.78, 5) is 14.0. The van der Waals surface area contributed by atoms with Gasteiger partial charge in [0.1, 0.15) is 18.5 Å². The summed E-state index contributed by atoms with van der Waals surface area (Å²) in [6.07, 6.45) is 4.73. The van der Waals surface area contributed by atoms with E-state index in [0.29, 0.717) is 18.3 Å². The minimum atomic E-state index is -0.554. The number of rotatable bonds is 10. The molecule has 0 aliphatic heterocycles. The van der Waals surface area contributed by atoms with Crippen molar-refractivity contribution in [3.05, 3.63) is 24.3 Å². The zero-order valence-electron chi connectivity index (χ0n) is 17.4. The van der Waals surface area contributed by atoms with Gasteiger partial charge in [0, 0.05) is 31.9 Å². The normalized spacial score (nSPS) is 24.0. The topological polar surface area (TPSA) is 73.8 Å². The lowest BCUT2D eigenvalue weighted by atomic mass is 10.1. The highest BCUT2D eigenvalue weighted by atomic mass is 16.5. The molecular formula is C22H35N3O3. The summed E-state index contributed by atoms with van der Waals surface area (Å²) in [5.74, 6) is 3.42. The molecule has 0 heterocycles. The van der Waals surface area contributed by atoms with Crippen LogP contribution in [0.3, 0.4) is 0 Å². The molecule has 2 amide bonds. The van der Waals surface area contributed by atoms with E-state index in [1.807, 2.05) is 38.1 Å². The third-order valence-corrected chi connectivity index (χ3v) is 6.07. The van der Waals surface area contributed by atoms with Gasteiger partial charge in [0.2, 0.25) is 0 Å². The second kappa shape index (κ2) is 9.61. The van der Waals surface area contributed by atoms with Crippen molar-refractivity contribution in [2.24, 2.45) is 17.8 Å². The Kier molecular flexibility index (Phi) is 7.18. The predicted octanol–water partition coefficient (Wildman–Crippen LogP) is 3.01. The number of fused-ring (bicyclic) bond motifs is 1. The van der Waals surface area contributed by atoms with Gasteiger partial charge >= 0.3 is 6.03 Å². The van der Waals surface area contributed by atoms with Gasteiger partial charge in [-0.2, -0.15) is 0 Å². The van der Waals surface area contributed by atoms with Crippen LogP contribution in [0, 0.1) is 17.8 Å². The van der Waals surface area contributed by atoms with Crippen LogP contribution in [-0.4, -0.2) is 50.0 Å². The number of nitrogens with one attached hydrogen (secondary N) is 2. The van der Waals surface area contributed by atoms with E-state index in [4.69, 9.17) is 4.74 Å². The highest BCUT2D eigenvalue weighted by molar-refractivity contribution is 5.91. The molecule has 28 heavy (non-hydrogen) atoms. The van der Waals surface area contributed by atoms with Gasteiger partial charge < -0.3 is 20.5 Å². The van der Waals surface area contributed by atoms with Crippen LogP contribution in [0.2, 0.25) is 0 Å². The van der Waals surface area contributed by atoms with Crippen molar-refractivity contribution in [1.82, 2.24) is 10.6 Å². The van der Waals surface area contributed by atoms with Crippen LogP contribution in [0.15, 0.2) is 24.3 Å². The first-order chi connectivity index (χ1) is 13.5. The fourth-order valence-electron chi connectivity index (χ4n) is 4.37. The number of benzene rings is 1. The van der Waals surface area contributed by atoms with Crippen molar-refractivity contribution in [1.29, 1.82) is 0 Å². The average molecular weight is 390 g/mol. The summed E-state index contributed by atoms with van der Waals surface area (Å²) in [6.45, 7) is 5.57. The molecule has 2 aliphatic carbocycles. The summed E-state index contributed by atoms with van der Waals surface area (Å²) in [5, 5.41) is 16.1. The van der Waals surface area contributed by atoms with E-state index in [0.717, 1.165) is 36.4 Å². The van der Waals surface area contributed by atoms with E-state index in [1.54, 1.807) is 11.9 Å². The molecule has 156 valence electrons. The molecule has 0 spiro atoms. The van der Waals surface area contributed by atoms with Crippen molar-refractivity contribution in [2.75, 3.05) is 31.6 Å². The molecule has 3 atom stereocenters. The van der Waals surface area contributed by atoms with Gasteiger partial charge in [-0.3, -0.25) is 4.90 Å². The third-order valence-electron chi connectivity index (χ3n) is 6.07. The van der Waals surface area contributed by atoms with E-state index < -0.39 is 6.10 Å². The van der Waals surface area contributed by atoms with Crippen molar-refractivity contribution in [3.63, 3.8) is 0 Å². The molecule has 0 bridgehead atoms. The molecule has 3 rings (SSSR count). The summed E-state index contributed by atoms with van der Waals surface area (Å²) < 4.78 is 5.62. The fourth-order valence-corrected chi connectivity index (χ4v) is 4.37. The molecule has 2 fully saturated rings. The van der Waals surface area contributed by atoms with Crippen LogP contribution in [-0.2, 0) is 0 Å². The average Bonchev–Trinajstić information content (AvgIpc) is 3.11. The van der Waals surface area contributed by atoms with Crippen LogP contribution in [0.4, 0.5) is 10.5 Å². The van der Waals surface area contributed by atoms with Crippen LogP contribution in [0.25, 0.3) is 0 Å². The maximum absolute atomic E-state index is 12.4. The second-order valence-corrected chi connectivity index (χ2v) is 8.52. The maximum Gasteiger partial charge on any atom is 0.321 e. The molecule has 6 heteroatoms. The first-order valence-electron chi connectivity index (χ1n) is 10.6. The number of aliphatic hydroxyl groups is 1. The first kappa shape index (κ1) is 20.9. The molecule has 1 aromatic carbocycles. The fraction of sp³-hybridized carbons (Fsp3) is 0.682. The number of ether oxygens (including phenoxy) is 1. The van der Waals surface area contributed by atoms with Crippen molar-refractivity contribution < 1.29 is 14.6 Å². The largest absolute Gasteiger partial charge is 0.491 e. The minimum Gasteiger partial charge on any atom is -0.491 e. The lowest BCUT2D eigenvalue weighted by Gasteiger charge is -2.19. The third kappa shape index (κ3) is 5.61. The summed E-state index contributed by atoms with van der Waals surface area (Å²) >= 11 is 0. The molecule has 2 aliphatic rings. The van der Waals surface area contributed by atoms with Gasteiger partial charge in [-0.05, 0) is 61.3 Å². The quantitative estimate of drug-likeness (QED) is 0.575. The van der Waals surface area contributed by atoms with Gasteiger partial charge in [0.15, 0.2) is 0 Å². The highest BCUT2D eigenvalue weighted by Crippen LogP contribution is 2.58. The van der Waals surface area contributed by atoms with Crippen LogP contribution < -0.4 is 20.3 Å². The molecule has 3 unspecified atom stereocenters. The second-order valence-electron chi connectivity index (χ2n) is 8.52. The lowest BCUT2D eigenvalue weighted by molar-refractivity contribution is 0.104. The number of aliphatic hydroxyl groups excluding tert-OH is 1. The van der Waals surface area contributed by atoms with E-state index in [9.17, 15) is 9.90 Å². The molecule has 0 aromatic heterocycles. The summed E-state index contributed by atoms with van der Waals surface area (Å²) in [7, 11) is 1.78. The number of anilines is 1. The monoisotopic (exact) mass is 389 g/mol. The van der Waals surface area contributed by atoms with E-state index in [1.165, 1.54) is 19.3 Å². The van der Waals surface area contributed by atoms with Crippen molar-refractivity contribution in [2.45, 2.75) is 51.7 Å². The smallest absolute Gasteiger partial charge is 0.321 e. The number of carbonyl (C=O) groups is 1. The van der Waals surface area contributed by atoms with Gasteiger partial charge in [0.05, 0.1) is 0 Å². The molecule has 2 saturated carbocycles. The highest BCUT2D eigenvalue weighted by Gasteiger charge is 2.51. The van der Waals surface area contributed by atoms with Gasteiger partial charge in [-0.15, -0.1) is 0 Å². The first-order valence-corrected chi connectivity index (χ1v) is 10.6. The number of amides is 2. The Bertz CT molecular complexity index is 624. The van der Waals surface area contributed by atoms with Crippen molar-refractivity contribution >= 4 is 11.7 Å². The Labute approximate surface area is 168 Å². The van der Waals surface area contributed by atoms with Crippen LogP contribution in [0.5, 0.6) is 5.75 Å². The number of carbonyl (C=O) groups excluding carboxylic acids is 1. The van der Waals surface area contributed by atoms with E-state index in [2.05, 4.69) is 10.6 Å². The minimum absolute atomic E-state index is 0.0744. The zero-order valence-corrected chi connectivity index (χ0v) is 17.4. The predicted molar refractivity (Wildman–Crippen MR) is 112 cm³/mol. The van der Waals surface area contributed by atoms with Crippen LogP contribution >= 0.6 is 0 Å². The number of urea groups is 1. The summed E-state index contributed by atoms with van der Waals surface area (Å²) in [5.41, 5.74) is 0.815. The van der Waals surface area contributed by atoms with Crippen LogP contribution in [0.1, 0.15) is 39.5 Å².